The van der Waals surface area contributed by atoms with E-state index in [0.717, 1.165) is 55.6 Å². The van der Waals surface area contributed by atoms with Crippen molar-refractivity contribution in [1.29, 1.82) is 0 Å². The second kappa shape index (κ2) is 21.5. The number of aromatic nitrogens is 4. The molecule has 3 saturated heterocycles. The van der Waals surface area contributed by atoms with Crippen LogP contribution in [0, 0.1) is 6.92 Å². The Balaban J connectivity index is 0.991. The summed E-state index contributed by atoms with van der Waals surface area (Å²) in [5.74, 6) is -1.53. The molecule has 380 valence electrons. The number of para-hydroxylation sites is 1. The van der Waals surface area contributed by atoms with Crippen molar-refractivity contribution >= 4 is 78.4 Å². The van der Waals surface area contributed by atoms with Gasteiger partial charge in [-0.05, 0) is 82.0 Å². The van der Waals surface area contributed by atoms with E-state index in [1.807, 2.05) is 18.2 Å². The lowest BCUT2D eigenvalue weighted by Crippen LogP contribution is -2.47. The van der Waals surface area contributed by atoms with Crippen LogP contribution >= 0.6 is 0 Å². The number of hydrogen-bond donors (Lipinski definition) is 8. The van der Waals surface area contributed by atoms with Crippen molar-refractivity contribution in [2.75, 3.05) is 29.0 Å². The van der Waals surface area contributed by atoms with Crippen LogP contribution in [0.3, 0.4) is 0 Å². The van der Waals surface area contributed by atoms with E-state index in [2.05, 4.69) is 41.1 Å². The van der Waals surface area contributed by atoms with Crippen molar-refractivity contribution in [1.82, 2.24) is 19.5 Å². The summed E-state index contributed by atoms with van der Waals surface area (Å²) in [6, 6.07) is 13.5. The number of azo groups is 1. The number of pyridine rings is 1. The molecule has 0 spiro atoms. The van der Waals surface area contributed by atoms with Crippen molar-refractivity contribution in [3.63, 3.8) is 0 Å². The van der Waals surface area contributed by atoms with E-state index < -0.39 is 71.3 Å². The summed E-state index contributed by atoms with van der Waals surface area (Å²) in [6.07, 6.45) is 6.37. The average molecular weight is 1050 g/mol. The molecule has 1 saturated carbocycles. The van der Waals surface area contributed by atoms with Crippen LogP contribution < -0.4 is 27.2 Å². The van der Waals surface area contributed by atoms with E-state index in [-0.39, 0.29) is 84.3 Å². The molecule has 7 unspecified atom stereocenters. The molecule has 2 aromatic heterocycles. The molecule has 4 aromatic rings. The summed E-state index contributed by atoms with van der Waals surface area (Å²) in [7, 11) is -16.1. The van der Waals surface area contributed by atoms with Crippen LogP contribution in [0.4, 0.5) is 40.6 Å². The average Bonchev–Trinajstić information content (AvgIpc) is 3.95. The normalized spacial score (nSPS) is 25.9. The number of aromatic hydroxyl groups is 1. The fraction of sp³-hybridized carbons (Fsp3) is 0.524. The SMILES string of the molecule is CCn1c(O)c(CS(=O)(=O)O)c(C)c(N=Nc2cc(Nc3nc(NCCC[Si]4(O)OC5CCCCCCC6O[Si]7(CCCN)OC(CC5O4)C6O7)nc(Nc4ccccc4)n3)ccc2S(=O)(=O)O)c1=O. The molecule has 24 nitrogen and oxygen atoms in total. The van der Waals surface area contributed by atoms with E-state index in [1.165, 1.54) is 26.0 Å². The number of anilines is 5. The van der Waals surface area contributed by atoms with Crippen LogP contribution in [0.15, 0.2) is 68.4 Å². The zero-order valence-corrected chi connectivity index (χ0v) is 42.2. The highest BCUT2D eigenvalue weighted by atomic mass is 32.2. The monoisotopic (exact) mass is 1050 g/mol. The summed E-state index contributed by atoms with van der Waals surface area (Å²) in [6.45, 7) is 3.46. The first-order valence-electron chi connectivity index (χ1n) is 23.2. The van der Waals surface area contributed by atoms with Gasteiger partial charge >= 0.3 is 17.6 Å². The molecule has 2 bridgehead atoms. The quantitative estimate of drug-likeness (QED) is 0.0270. The number of hydrogen-bond acceptors (Lipinski definition) is 21. The van der Waals surface area contributed by atoms with Crippen molar-refractivity contribution in [2.24, 2.45) is 16.0 Å². The van der Waals surface area contributed by atoms with E-state index >= 15 is 0 Å². The number of benzene rings is 2. The van der Waals surface area contributed by atoms with Crippen LogP contribution in [0.25, 0.3) is 0 Å². The number of nitrogens with zero attached hydrogens (tertiary/aromatic N) is 6. The Bertz CT molecular complexity index is 2860. The number of rotatable bonds is 18. The first kappa shape index (κ1) is 51.5. The van der Waals surface area contributed by atoms with Crippen LogP contribution in [-0.2, 0) is 54.7 Å². The van der Waals surface area contributed by atoms with Crippen molar-refractivity contribution < 1.29 is 58.0 Å². The largest absolute Gasteiger partial charge is 0.502 e. The van der Waals surface area contributed by atoms with E-state index in [0.29, 0.717) is 31.1 Å². The number of nitrogens with two attached hydrogens (primary N) is 1. The van der Waals surface area contributed by atoms with Gasteiger partial charge in [-0.25, -0.2) is 0 Å². The Labute approximate surface area is 406 Å². The molecule has 28 heteroatoms. The van der Waals surface area contributed by atoms with Gasteiger partial charge in [0.15, 0.2) is 11.6 Å². The molecule has 5 heterocycles. The highest BCUT2D eigenvalue weighted by molar-refractivity contribution is 7.86. The minimum absolute atomic E-state index is 0.0223. The highest BCUT2D eigenvalue weighted by Crippen LogP contribution is 2.46. The Morgan fingerprint density at radius 3 is 2.17 bits per heavy atom. The molecule has 2 aromatic carbocycles. The minimum Gasteiger partial charge on any atom is -0.494 e. The Morgan fingerprint density at radius 1 is 0.814 bits per heavy atom. The van der Waals surface area contributed by atoms with Gasteiger partial charge in [0.05, 0.1) is 30.5 Å². The van der Waals surface area contributed by atoms with Crippen LogP contribution in [0.5, 0.6) is 5.88 Å². The van der Waals surface area contributed by atoms with Crippen LogP contribution in [-0.4, -0.2) is 117 Å². The summed E-state index contributed by atoms with van der Waals surface area (Å²) < 4.78 is 101. The van der Waals surface area contributed by atoms with Gasteiger partial charge < -0.3 is 53.7 Å². The summed E-state index contributed by atoms with van der Waals surface area (Å²) in [5.41, 5.74) is 4.38. The van der Waals surface area contributed by atoms with Gasteiger partial charge in [-0.3, -0.25) is 18.5 Å². The molecule has 4 fully saturated rings. The van der Waals surface area contributed by atoms with Crippen molar-refractivity contribution in [3.8, 4) is 5.88 Å². The van der Waals surface area contributed by atoms with Gasteiger partial charge in [0.25, 0.3) is 25.8 Å². The maximum absolute atomic E-state index is 13.3. The van der Waals surface area contributed by atoms with Crippen molar-refractivity contribution in [3.05, 3.63) is 70.0 Å². The second-order valence-corrected chi connectivity index (χ2v) is 25.4. The molecule has 9 N–H and O–H groups in total. The Kier molecular flexibility index (Phi) is 15.8. The van der Waals surface area contributed by atoms with Gasteiger partial charge in [-0.1, -0.05) is 43.9 Å². The third kappa shape index (κ3) is 12.3. The maximum Gasteiger partial charge on any atom is 0.502 e. The van der Waals surface area contributed by atoms with Gasteiger partial charge in [-0.15, -0.1) is 10.2 Å². The first-order chi connectivity index (χ1) is 33.3. The standard InChI is InChI=1S/C42H58N10O14S2Si2/c1-3-52-38(53)29(25-67(55,56)57)26(2)36(39(52)54)51-50-30-23-28(17-18-35(30)68(58,59)60)46-42-48-40(47-41(49-42)45-27-13-7-6-8-14-27)44-20-12-21-69(61)62-31-15-9-4-5-10-16-32-37-34(24-33(31)63-69)65-70(64-32,66-37)22-11-19-43/h6-8,13-14,17-18,23,31-34,37,53,61H,3-5,9-12,15-16,19-22,24-25,43H2,1-2H3,(H,55,56,57)(H,58,59,60)(H3,44,45,46,47,48,49). The van der Waals surface area contributed by atoms with E-state index in [1.54, 1.807) is 12.1 Å². The minimum atomic E-state index is -4.92. The number of nitrogens with one attached hydrogen (secondary N) is 3. The molecular weight excluding hydrogens is 989 g/mol. The maximum atomic E-state index is 13.3. The first-order valence-corrected chi connectivity index (χ1v) is 30.1. The van der Waals surface area contributed by atoms with E-state index in [4.69, 9.17) is 27.9 Å². The highest BCUT2D eigenvalue weighted by Gasteiger charge is 2.64. The fourth-order valence-electron chi connectivity index (χ4n) is 9.14. The number of fused-ring (bicyclic) bond motifs is 2. The predicted octanol–water partition coefficient (Wildman–Crippen LogP) is 5.34. The molecule has 3 aliphatic heterocycles. The smallest absolute Gasteiger partial charge is 0.494 e. The topological polar surface area (TPSA) is 343 Å². The molecule has 8 rings (SSSR count). The van der Waals surface area contributed by atoms with Gasteiger partial charge in [0, 0.05) is 48.5 Å². The lowest BCUT2D eigenvalue weighted by Gasteiger charge is -2.33. The molecular formula is C42H58N10O14S2Si2. The molecule has 1 aliphatic carbocycles. The Morgan fingerprint density at radius 2 is 1.49 bits per heavy atom. The summed E-state index contributed by atoms with van der Waals surface area (Å²) in [4.78, 5) is 38.0. The zero-order valence-electron chi connectivity index (χ0n) is 38.6. The molecule has 7 atom stereocenters. The van der Waals surface area contributed by atoms with Crippen LogP contribution in [0.1, 0.15) is 75.8 Å². The lowest BCUT2D eigenvalue weighted by atomic mass is 9.93. The lowest BCUT2D eigenvalue weighted by molar-refractivity contribution is -0.0100. The molecule has 0 radical (unpaired) electrons. The second-order valence-electron chi connectivity index (χ2n) is 17.6. The predicted molar refractivity (Wildman–Crippen MR) is 258 cm³/mol. The fourth-order valence-corrected chi connectivity index (χ4v) is 16.1. The van der Waals surface area contributed by atoms with Crippen LogP contribution in [0.2, 0.25) is 12.1 Å². The zero-order chi connectivity index (χ0) is 49.8. The summed E-state index contributed by atoms with van der Waals surface area (Å²) >= 11 is 0. The molecule has 70 heavy (non-hydrogen) atoms. The van der Waals surface area contributed by atoms with E-state index in [9.17, 15) is 40.6 Å². The molecule has 0 amide bonds. The van der Waals surface area contributed by atoms with Gasteiger partial charge in [-0.2, -0.15) is 31.8 Å². The van der Waals surface area contributed by atoms with Gasteiger partial charge in [0.1, 0.15) is 16.3 Å². The van der Waals surface area contributed by atoms with Crippen molar-refractivity contribution in [2.45, 2.75) is 131 Å². The van der Waals surface area contributed by atoms with Gasteiger partial charge in [0.2, 0.25) is 17.8 Å². The Hall–Kier alpha value is -4.83. The third-order valence-electron chi connectivity index (χ3n) is 12.5. The third-order valence-corrected chi connectivity index (χ3v) is 19.3. The summed E-state index contributed by atoms with van der Waals surface area (Å²) in [5, 5.41) is 27.9. The molecule has 4 aliphatic rings.